The van der Waals surface area contributed by atoms with Crippen molar-refractivity contribution < 1.29 is 9.18 Å². The summed E-state index contributed by atoms with van der Waals surface area (Å²) >= 11 is 0. The third kappa shape index (κ3) is 3.21. The number of amides is 1. The molecule has 3 nitrogen and oxygen atoms in total. The molecule has 0 aliphatic heterocycles. The van der Waals surface area contributed by atoms with Crippen LogP contribution in [0.1, 0.15) is 31.2 Å². The van der Waals surface area contributed by atoms with Crippen LogP contribution in [0.25, 0.3) is 0 Å². The van der Waals surface area contributed by atoms with Gasteiger partial charge in [-0.3, -0.25) is 4.79 Å². The lowest BCUT2D eigenvalue weighted by Gasteiger charge is -2.22. The zero-order valence-electron chi connectivity index (χ0n) is 10.3. The van der Waals surface area contributed by atoms with E-state index in [0.717, 1.165) is 18.4 Å². The Morgan fingerprint density at radius 2 is 1.94 bits per heavy atom. The van der Waals surface area contributed by atoms with Gasteiger partial charge >= 0.3 is 0 Å². The van der Waals surface area contributed by atoms with Gasteiger partial charge < -0.3 is 11.1 Å². The lowest BCUT2D eigenvalue weighted by Crippen LogP contribution is -2.48. The predicted octanol–water partition coefficient (Wildman–Crippen LogP) is 2.77. The first-order chi connectivity index (χ1) is 7.99. The maximum Gasteiger partial charge on any atom is 0.244 e. The van der Waals surface area contributed by atoms with E-state index in [-0.39, 0.29) is 24.1 Å². The molecule has 0 radical (unpaired) electrons. The molecule has 3 N–H and O–H groups in total. The molecule has 1 aliphatic carbocycles. The van der Waals surface area contributed by atoms with E-state index in [1.165, 1.54) is 12.1 Å². The van der Waals surface area contributed by atoms with Gasteiger partial charge in [0.2, 0.25) is 5.91 Å². The van der Waals surface area contributed by atoms with Crippen molar-refractivity contribution in [2.24, 2.45) is 5.73 Å². The fourth-order valence-corrected chi connectivity index (χ4v) is 2.30. The van der Waals surface area contributed by atoms with Gasteiger partial charge in [-0.15, -0.1) is 12.4 Å². The average Bonchev–Trinajstić information content (AvgIpc) is 2.64. The molecule has 1 aromatic rings. The molecular formula is C13H18ClFN2O. The van der Waals surface area contributed by atoms with Gasteiger partial charge in [0.1, 0.15) is 5.82 Å². The van der Waals surface area contributed by atoms with Crippen molar-refractivity contribution in [1.29, 1.82) is 0 Å². The monoisotopic (exact) mass is 272 g/mol. The van der Waals surface area contributed by atoms with Gasteiger partial charge in [-0.1, -0.05) is 12.8 Å². The predicted molar refractivity (Wildman–Crippen MR) is 72.4 cm³/mol. The van der Waals surface area contributed by atoms with E-state index in [9.17, 15) is 9.18 Å². The Kier molecular flexibility index (Phi) is 4.71. The van der Waals surface area contributed by atoms with E-state index in [4.69, 9.17) is 5.73 Å². The number of rotatable bonds is 2. The summed E-state index contributed by atoms with van der Waals surface area (Å²) in [6.07, 6.45) is 3.36. The van der Waals surface area contributed by atoms with E-state index in [0.29, 0.717) is 18.5 Å². The summed E-state index contributed by atoms with van der Waals surface area (Å²) < 4.78 is 13.2. The first-order valence-electron chi connectivity index (χ1n) is 5.87. The minimum absolute atomic E-state index is 0. The second kappa shape index (κ2) is 5.67. The van der Waals surface area contributed by atoms with E-state index in [2.05, 4.69) is 5.32 Å². The number of benzene rings is 1. The molecule has 100 valence electrons. The van der Waals surface area contributed by atoms with Gasteiger partial charge in [0.05, 0.1) is 5.54 Å². The molecule has 1 amide bonds. The fourth-order valence-electron chi connectivity index (χ4n) is 2.30. The number of nitrogens with two attached hydrogens (primary N) is 1. The van der Waals surface area contributed by atoms with Crippen LogP contribution in [0, 0.1) is 12.7 Å². The molecule has 1 fully saturated rings. The quantitative estimate of drug-likeness (QED) is 0.870. The fraction of sp³-hybridized carbons (Fsp3) is 0.462. The highest BCUT2D eigenvalue weighted by Gasteiger charge is 2.36. The number of halogens is 2. The number of carbonyl (C=O) groups excluding carboxylic acids is 1. The van der Waals surface area contributed by atoms with Crippen molar-refractivity contribution in [2.45, 2.75) is 38.1 Å². The van der Waals surface area contributed by atoms with Crippen molar-refractivity contribution >= 4 is 24.0 Å². The maximum atomic E-state index is 13.2. The normalized spacial score (nSPS) is 17.1. The smallest absolute Gasteiger partial charge is 0.244 e. The highest BCUT2D eigenvalue weighted by atomic mass is 35.5. The zero-order chi connectivity index (χ0) is 12.5. The van der Waals surface area contributed by atoms with Crippen LogP contribution < -0.4 is 11.1 Å². The summed E-state index contributed by atoms with van der Waals surface area (Å²) in [7, 11) is 0. The van der Waals surface area contributed by atoms with Crippen molar-refractivity contribution in [3.05, 3.63) is 29.6 Å². The summed E-state index contributed by atoms with van der Waals surface area (Å²) in [5.74, 6) is -0.558. The Morgan fingerprint density at radius 3 is 2.50 bits per heavy atom. The molecule has 0 aromatic heterocycles. The Hall–Kier alpha value is -1.13. The Bertz CT molecular complexity index is 424. The number of hydrogen-bond donors (Lipinski definition) is 2. The second-order valence-electron chi connectivity index (χ2n) is 4.83. The first-order valence-corrected chi connectivity index (χ1v) is 5.87. The summed E-state index contributed by atoms with van der Waals surface area (Å²) in [4.78, 5) is 12.0. The van der Waals surface area contributed by atoms with Crippen LogP contribution in [-0.2, 0) is 4.79 Å². The van der Waals surface area contributed by atoms with Crippen LogP contribution >= 0.6 is 12.4 Å². The minimum atomic E-state index is -0.778. The Morgan fingerprint density at radius 1 is 1.33 bits per heavy atom. The largest absolute Gasteiger partial charge is 0.324 e. The molecular weight excluding hydrogens is 255 g/mol. The SMILES string of the molecule is Cc1cc(F)cc(NC(=O)C2(N)CCCC2)c1.Cl. The second-order valence-corrected chi connectivity index (χ2v) is 4.83. The molecule has 5 heteroatoms. The van der Waals surface area contributed by atoms with Crippen LogP contribution in [-0.4, -0.2) is 11.4 Å². The minimum Gasteiger partial charge on any atom is -0.324 e. The number of aryl methyl sites for hydroxylation is 1. The summed E-state index contributed by atoms with van der Waals surface area (Å²) in [5, 5.41) is 2.70. The number of anilines is 1. The Balaban J connectivity index is 0.00000162. The van der Waals surface area contributed by atoms with Crippen LogP contribution in [0.4, 0.5) is 10.1 Å². The van der Waals surface area contributed by atoms with E-state index in [1.54, 1.807) is 13.0 Å². The first kappa shape index (κ1) is 14.9. The molecule has 0 bridgehead atoms. The zero-order valence-corrected chi connectivity index (χ0v) is 11.1. The highest BCUT2D eigenvalue weighted by Crippen LogP contribution is 2.28. The van der Waals surface area contributed by atoms with Crippen LogP contribution in [0.3, 0.4) is 0 Å². The van der Waals surface area contributed by atoms with Crippen LogP contribution in [0.15, 0.2) is 18.2 Å². The molecule has 18 heavy (non-hydrogen) atoms. The third-order valence-electron chi connectivity index (χ3n) is 3.25. The van der Waals surface area contributed by atoms with Gasteiger partial charge in [-0.25, -0.2) is 4.39 Å². The molecule has 1 aromatic carbocycles. The van der Waals surface area contributed by atoms with Gasteiger partial charge in [-0.2, -0.15) is 0 Å². The number of carbonyl (C=O) groups is 1. The average molecular weight is 273 g/mol. The van der Waals surface area contributed by atoms with Gasteiger partial charge in [0, 0.05) is 5.69 Å². The maximum absolute atomic E-state index is 13.2. The topological polar surface area (TPSA) is 55.1 Å². The van der Waals surface area contributed by atoms with E-state index < -0.39 is 5.54 Å². The number of nitrogens with one attached hydrogen (secondary N) is 1. The molecule has 0 spiro atoms. The van der Waals surface area contributed by atoms with Crippen LogP contribution in [0.2, 0.25) is 0 Å². The summed E-state index contributed by atoms with van der Waals surface area (Å²) in [5.41, 5.74) is 6.50. The van der Waals surface area contributed by atoms with Crippen molar-refractivity contribution in [1.82, 2.24) is 0 Å². The Labute approximate surface area is 112 Å². The lowest BCUT2D eigenvalue weighted by molar-refractivity contribution is -0.121. The lowest BCUT2D eigenvalue weighted by atomic mass is 9.98. The molecule has 1 saturated carbocycles. The van der Waals surface area contributed by atoms with E-state index >= 15 is 0 Å². The van der Waals surface area contributed by atoms with Gasteiger partial charge in [0.15, 0.2) is 0 Å². The molecule has 0 heterocycles. The van der Waals surface area contributed by atoms with Gasteiger partial charge in [-0.05, 0) is 43.5 Å². The summed E-state index contributed by atoms with van der Waals surface area (Å²) in [6, 6.07) is 4.46. The number of hydrogen-bond acceptors (Lipinski definition) is 2. The van der Waals surface area contributed by atoms with Crippen molar-refractivity contribution in [3.8, 4) is 0 Å². The van der Waals surface area contributed by atoms with Crippen molar-refractivity contribution in [3.63, 3.8) is 0 Å². The molecule has 2 rings (SSSR count). The highest BCUT2D eigenvalue weighted by molar-refractivity contribution is 5.98. The molecule has 0 unspecified atom stereocenters. The van der Waals surface area contributed by atoms with Crippen LogP contribution in [0.5, 0.6) is 0 Å². The molecule has 0 saturated heterocycles. The van der Waals surface area contributed by atoms with E-state index in [1.807, 2.05) is 0 Å². The third-order valence-corrected chi connectivity index (χ3v) is 3.25. The molecule has 0 atom stereocenters. The van der Waals surface area contributed by atoms with Gasteiger partial charge in [0.25, 0.3) is 0 Å². The summed E-state index contributed by atoms with van der Waals surface area (Å²) in [6.45, 7) is 1.78. The van der Waals surface area contributed by atoms with Crippen molar-refractivity contribution in [2.75, 3.05) is 5.32 Å². The molecule has 1 aliphatic rings. The standard InChI is InChI=1S/C13H17FN2O.ClH/c1-9-6-10(14)8-11(7-9)16-12(17)13(15)4-2-3-5-13;/h6-8H,2-5,15H2,1H3,(H,16,17);1H.